The van der Waals surface area contributed by atoms with E-state index in [1.54, 1.807) is 12.1 Å². The van der Waals surface area contributed by atoms with E-state index in [2.05, 4.69) is 12.3 Å². The van der Waals surface area contributed by atoms with Crippen molar-refractivity contribution < 1.29 is 22.7 Å². The van der Waals surface area contributed by atoms with Crippen LogP contribution < -0.4 is 10.2 Å². The van der Waals surface area contributed by atoms with E-state index in [-0.39, 0.29) is 18.5 Å². The topological polar surface area (TPSA) is 41.6 Å². The molecular weight excluding hydrogens is 381 g/mol. The first kappa shape index (κ1) is 21.4. The molecule has 4 nitrogen and oxygen atoms in total. The molecule has 0 aliphatic carbocycles. The van der Waals surface area contributed by atoms with Crippen LogP contribution in [-0.4, -0.2) is 30.2 Å². The van der Waals surface area contributed by atoms with Crippen LogP contribution in [0.15, 0.2) is 36.4 Å². The fourth-order valence-corrected chi connectivity index (χ4v) is 3.68. The molecule has 2 aromatic carbocycles. The number of rotatable bonds is 9. The molecule has 0 unspecified atom stereocenters. The molecule has 3 rings (SSSR count). The molecule has 1 aliphatic rings. The predicted molar refractivity (Wildman–Crippen MR) is 106 cm³/mol. The SMILES string of the molecule is CCCCCCCOc1cccc2ccc([C@H](N3CCC(=O)N3)C(F)(F)F)cc12. The second kappa shape index (κ2) is 9.48. The maximum absolute atomic E-state index is 13.8. The summed E-state index contributed by atoms with van der Waals surface area (Å²) in [6.07, 6.45) is 1.07. The molecule has 1 atom stereocenters. The van der Waals surface area contributed by atoms with Crippen molar-refractivity contribution in [3.05, 3.63) is 42.0 Å². The Morgan fingerprint density at radius 2 is 1.93 bits per heavy atom. The molecule has 2 aromatic rings. The third-order valence-corrected chi connectivity index (χ3v) is 5.16. The normalized spacial score (nSPS) is 16.2. The molecular formula is C22H27F3N2O2. The summed E-state index contributed by atoms with van der Waals surface area (Å²) in [5, 5.41) is 2.45. The molecule has 1 fully saturated rings. The number of carbonyl (C=O) groups is 1. The number of amides is 1. The summed E-state index contributed by atoms with van der Waals surface area (Å²) in [6.45, 7) is 2.72. The summed E-state index contributed by atoms with van der Waals surface area (Å²) >= 11 is 0. The van der Waals surface area contributed by atoms with E-state index in [4.69, 9.17) is 4.74 Å². The van der Waals surface area contributed by atoms with Gasteiger partial charge in [0.15, 0.2) is 0 Å². The lowest BCUT2D eigenvalue weighted by Gasteiger charge is -2.29. The van der Waals surface area contributed by atoms with Crippen LogP contribution in [0.25, 0.3) is 10.8 Å². The standard InChI is InChI=1S/C22H27F3N2O2/c1-2-3-4-5-6-14-29-19-9-7-8-16-10-11-17(15-18(16)19)21(22(23,24)25)27-13-12-20(28)26-27/h7-11,15,21H,2-6,12-14H2,1H3,(H,26,28)/t21-/m0/s1. The minimum absolute atomic E-state index is 0.0248. The first-order valence-corrected chi connectivity index (χ1v) is 10.2. The van der Waals surface area contributed by atoms with Gasteiger partial charge in [-0.2, -0.15) is 13.2 Å². The van der Waals surface area contributed by atoms with Gasteiger partial charge in [0.2, 0.25) is 5.91 Å². The number of ether oxygens (including phenoxy) is 1. The largest absolute Gasteiger partial charge is 0.493 e. The molecule has 0 spiro atoms. The smallest absolute Gasteiger partial charge is 0.409 e. The molecule has 0 radical (unpaired) electrons. The maximum Gasteiger partial charge on any atom is 0.409 e. The highest BCUT2D eigenvalue weighted by atomic mass is 19.4. The molecule has 1 saturated heterocycles. The Labute approximate surface area is 169 Å². The van der Waals surface area contributed by atoms with E-state index in [1.165, 1.54) is 25.0 Å². The Morgan fingerprint density at radius 1 is 1.14 bits per heavy atom. The molecule has 0 saturated carbocycles. The van der Waals surface area contributed by atoms with Crippen molar-refractivity contribution in [1.29, 1.82) is 0 Å². The average molecular weight is 408 g/mol. The Balaban J connectivity index is 1.82. The van der Waals surface area contributed by atoms with Crippen LogP contribution in [0.2, 0.25) is 0 Å². The molecule has 0 aromatic heterocycles. The number of nitrogens with one attached hydrogen (secondary N) is 1. The maximum atomic E-state index is 13.8. The molecule has 1 aliphatic heterocycles. The Bertz CT molecular complexity index is 838. The van der Waals surface area contributed by atoms with Crippen molar-refractivity contribution in [3.63, 3.8) is 0 Å². The summed E-state index contributed by atoms with van der Waals surface area (Å²) in [4.78, 5) is 11.5. The van der Waals surface area contributed by atoms with E-state index in [1.807, 2.05) is 12.1 Å². The molecule has 1 amide bonds. The van der Waals surface area contributed by atoms with E-state index < -0.39 is 18.1 Å². The van der Waals surface area contributed by atoms with Gasteiger partial charge in [-0.15, -0.1) is 0 Å². The Morgan fingerprint density at radius 3 is 2.62 bits per heavy atom. The number of benzene rings is 2. The lowest BCUT2D eigenvalue weighted by molar-refractivity contribution is -0.191. The lowest BCUT2D eigenvalue weighted by atomic mass is 10.0. The Hall–Kier alpha value is -2.28. The van der Waals surface area contributed by atoms with Crippen molar-refractivity contribution in [1.82, 2.24) is 10.4 Å². The van der Waals surface area contributed by atoms with Gasteiger partial charge in [-0.1, -0.05) is 56.9 Å². The van der Waals surface area contributed by atoms with Gasteiger partial charge in [0, 0.05) is 18.4 Å². The van der Waals surface area contributed by atoms with Crippen LogP contribution in [0.5, 0.6) is 5.75 Å². The van der Waals surface area contributed by atoms with Gasteiger partial charge in [-0.05, 0) is 29.5 Å². The summed E-state index contributed by atoms with van der Waals surface area (Å²) in [5.74, 6) is 0.193. The van der Waals surface area contributed by atoms with Crippen molar-refractivity contribution in [3.8, 4) is 5.75 Å². The number of fused-ring (bicyclic) bond motifs is 1. The fourth-order valence-electron chi connectivity index (χ4n) is 3.68. The predicted octanol–water partition coefficient (Wildman–Crippen LogP) is 5.53. The number of halogens is 3. The highest BCUT2D eigenvalue weighted by molar-refractivity contribution is 5.89. The monoisotopic (exact) mass is 408 g/mol. The molecule has 1 heterocycles. The van der Waals surface area contributed by atoms with Crippen LogP contribution in [-0.2, 0) is 4.79 Å². The zero-order valence-electron chi connectivity index (χ0n) is 16.6. The van der Waals surface area contributed by atoms with Crippen LogP contribution in [0.1, 0.15) is 57.1 Å². The third kappa shape index (κ3) is 5.41. The number of hydrogen-bond acceptors (Lipinski definition) is 3. The van der Waals surface area contributed by atoms with Crippen molar-refractivity contribution in [2.24, 2.45) is 0 Å². The van der Waals surface area contributed by atoms with Crippen LogP contribution in [0.3, 0.4) is 0 Å². The van der Waals surface area contributed by atoms with Crippen LogP contribution >= 0.6 is 0 Å². The van der Waals surface area contributed by atoms with Crippen molar-refractivity contribution in [2.75, 3.05) is 13.2 Å². The number of hydrogen-bond donors (Lipinski definition) is 1. The third-order valence-electron chi connectivity index (χ3n) is 5.16. The molecule has 29 heavy (non-hydrogen) atoms. The fraction of sp³-hybridized carbons (Fsp3) is 0.500. The minimum atomic E-state index is -4.51. The van der Waals surface area contributed by atoms with E-state index in [0.717, 1.165) is 29.7 Å². The van der Waals surface area contributed by atoms with Gasteiger partial charge in [-0.25, -0.2) is 5.01 Å². The van der Waals surface area contributed by atoms with Gasteiger partial charge in [0.05, 0.1) is 6.61 Å². The highest BCUT2D eigenvalue weighted by Gasteiger charge is 2.47. The average Bonchev–Trinajstić information content (AvgIpc) is 3.09. The van der Waals surface area contributed by atoms with E-state index >= 15 is 0 Å². The number of carbonyl (C=O) groups excluding carboxylic acids is 1. The summed E-state index contributed by atoms with van der Waals surface area (Å²) in [6, 6.07) is 8.28. The second-order valence-electron chi connectivity index (χ2n) is 7.42. The van der Waals surface area contributed by atoms with E-state index in [0.29, 0.717) is 17.7 Å². The zero-order chi connectivity index (χ0) is 20.9. The Kier molecular flexibility index (Phi) is 7.00. The summed E-state index contributed by atoms with van der Waals surface area (Å²) < 4.78 is 47.3. The zero-order valence-corrected chi connectivity index (χ0v) is 16.6. The van der Waals surface area contributed by atoms with Gasteiger partial charge in [0.1, 0.15) is 11.8 Å². The highest BCUT2D eigenvalue weighted by Crippen LogP contribution is 2.40. The number of nitrogens with zero attached hydrogens (tertiary/aromatic N) is 1. The van der Waals surface area contributed by atoms with Crippen molar-refractivity contribution in [2.45, 2.75) is 57.7 Å². The van der Waals surface area contributed by atoms with Crippen molar-refractivity contribution >= 4 is 16.7 Å². The van der Waals surface area contributed by atoms with Gasteiger partial charge in [0.25, 0.3) is 0 Å². The number of unbranched alkanes of at least 4 members (excludes halogenated alkanes) is 4. The van der Waals surface area contributed by atoms with Crippen LogP contribution in [0, 0.1) is 0 Å². The molecule has 0 bridgehead atoms. The summed E-state index contributed by atoms with van der Waals surface area (Å²) in [5.41, 5.74) is 2.41. The van der Waals surface area contributed by atoms with Gasteiger partial charge >= 0.3 is 6.18 Å². The molecule has 158 valence electrons. The second-order valence-corrected chi connectivity index (χ2v) is 7.42. The first-order valence-electron chi connectivity index (χ1n) is 10.2. The summed E-state index contributed by atoms with van der Waals surface area (Å²) in [7, 11) is 0. The number of alkyl halides is 3. The minimum Gasteiger partial charge on any atom is -0.493 e. The lowest BCUT2D eigenvalue weighted by Crippen LogP contribution is -2.43. The quantitative estimate of drug-likeness (QED) is 0.555. The number of hydrazine groups is 1. The van der Waals surface area contributed by atoms with Gasteiger partial charge in [-0.3, -0.25) is 10.2 Å². The van der Waals surface area contributed by atoms with Crippen LogP contribution in [0.4, 0.5) is 13.2 Å². The van der Waals surface area contributed by atoms with E-state index in [9.17, 15) is 18.0 Å². The van der Waals surface area contributed by atoms with Gasteiger partial charge < -0.3 is 4.74 Å². The molecule has 7 heteroatoms. The first-order chi connectivity index (χ1) is 13.9. The molecule has 1 N–H and O–H groups in total.